The molecule has 3 aliphatic heterocycles. The molecule has 9 rings (SSSR count). The number of aromatic nitrogens is 5. The average Bonchev–Trinajstić information content (AvgIpc) is 4.06. The minimum atomic E-state index is -0.790. The number of carbonyl (C=O) groups excluding carboxylic acids is 2. The van der Waals surface area contributed by atoms with E-state index >= 15 is 0 Å². The molecule has 60 heavy (non-hydrogen) atoms. The quantitative estimate of drug-likeness (QED) is 0.112. The molecule has 3 atom stereocenters. The van der Waals surface area contributed by atoms with Crippen LogP contribution in [0.4, 0.5) is 5.82 Å². The number of phenols is 1. The Hall–Kier alpha value is -5.64. The molecule has 0 saturated carbocycles. The SMILES string of the molecule is Cc1ncsc1-c1ccc(CNC(=O)[C@@H]2C[C@@H](O)CN2C(=O)[C@@H](c2cc(N3CCC(CN4CC(c5cc6cc(-c7ccccc7O)nnc6[nH]5)C4)CC3)no2)C(C)C)cc1. The number of nitrogens with zero attached hydrogens (tertiary/aromatic N) is 7. The number of fused-ring (bicyclic) bond motifs is 1. The van der Waals surface area contributed by atoms with Gasteiger partial charge in [0.2, 0.25) is 11.8 Å². The number of hydrogen-bond donors (Lipinski definition) is 4. The number of anilines is 1. The second-order valence-corrected chi connectivity index (χ2v) is 17.9. The zero-order valence-electron chi connectivity index (χ0n) is 34.1. The van der Waals surface area contributed by atoms with Crippen molar-refractivity contribution >= 4 is 40.0 Å². The number of nitrogens with one attached hydrogen (secondary N) is 2. The van der Waals surface area contributed by atoms with E-state index in [1.165, 1.54) is 10.6 Å². The molecular weight excluding hydrogens is 779 g/mol. The Morgan fingerprint density at radius 1 is 1.02 bits per heavy atom. The van der Waals surface area contributed by atoms with Crippen molar-refractivity contribution in [3.05, 3.63) is 95.0 Å². The van der Waals surface area contributed by atoms with E-state index < -0.39 is 18.1 Å². The number of thiazole rings is 1. The van der Waals surface area contributed by atoms with Crippen LogP contribution < -0.4 is 10.2 Å². The summed E-state index contributed by atoms with van der Waals surface area (Å²) in [6.07, 6.45) is 1.46. The number of β-amino-alcohol motifs (C(OH)–C–C–N with tert-alkyl or cyclic N) is 1. The van der Waals surface area contributed by atoms with Crippen molar-refractivity contribution in [3.8, 4) is 27.4 Å². The maximum Gasteiger partial charge on any atom is 0.243 e. The van der Waals surface area contributed by atoms with E-state index in [0.717, 1.165) is 84.1 Å². The van der Waals surface area contributed by atoms with Crippen LogP contribution in [0.1, 0.15) is 67.7 Å². The molecule has 2 aromatic carbocycles. The van der Waals surface area contributed by atoms with Crippen molar-refractivity contribution in [2.24, 2.45) is 11.8 Å². The van der Waals surface area contributed by atoms with Gasteiger partial charge in [-0.3, -0.25) is 9.59 Å². The van der Waals surface area contributed by atoms with Gasteiger partial charge in [-0.1, -0.05) is 55.4 Å². The number of benzene rings is 2. The first-order chi connectivity index (χ1) is 29.1. The molecule has 0 bridgehead atoms. The predicted molar refractivity (Wildman–Crippen MR) is 229 cm³/mol. The van der Waals surface area contributed by atoms with E-state index in [2.05, 4.69) is 46.5 Å². The van der Waals surface area contributed by atoms with Gasteiger partial charge < -0.3 is 39.7 Å². The van der Waals surface area contributed by atoms with E-state index in [9.17, 15) is 19.8 Å². The summed E-state index contributed by atoms with van der Waals surface area (Å²) >= 11 is 1.60. The normalized spacial score (nSPS) is 19.6. The number of aromatic hydroxyl groups is 1. The third-order valence-electron chi connectivity index (χ3n) is 12.5. The first kappa shape index (κ1) is 39.8. The minimum absolute atomic E-state index is 0.0907. The number of para-hydroxylation sites is 1. The highest BCUT2D eigenvalue weighted by Gasteiger charge is 2.43. The van der Waals surface area contributed by atoms with Crippen molar-refractivity contribution in [2.75, 3.05) is 44.2 Å². The lowest BCUT2D eigenvalue weighted by Gasteiger charge is -2.42. The van der Waals surface area contributed by atoms with E-state index in [-0.39, 0.29) is 36.4 Å². The van der Waals surface area contributed by atoms with Crippen molar-refractivity contribution in [1.82, 2.24) is 40.4 Å². The summed E-state index contributed by atoms with van der Waals surface area (Å²) in [6, 6.07) is 20.4. The third kappa shape index (κ3) is 8.13. The number of piperidine rings is 1. The zero-order valence-corrected chi connectivity index (χ0v) is 34.9. The summed E-state index contributed by atoms with van der Waals surface area (Å²) in [5.41, 5.74) is 8.09. The molecule has 4 aromatic heterocycles. The summed E-state index contributed by atoms with van der Waals surface area (Å²) in [6.45, 7) is 11.1. The molecule has 0 spiro atoms. The van der Waals surface area contributed by atoms with Gasteiger partial charge in [-0.25, -0.2) is 4.98 Å². The zero-order chi connectivity index (χ0) is 41.5. The number of rotatable bonds is 12. The molecule has 3 aliphatic rings. The van der Waals surface area contributed by atoms with Gasteiger partial charge in [-0.2, -0.15) is 0 Å². The summed E-state index contributed by atoms with van der Waals surface area (Å²) in [4.78, 5) is 42.9. The maximum atomic E-state index is 14.2. The van der Waals surface area contributed by atoms with Crippen molar-refractivity contribution < 1.29 is 24.3 Å². The Labute approximate surface area is 352 Å². The van der Waals surface area contributed by atoms with Crippen LogP contribution in [0.15, 0.2) is 76.8 Å². The van der Waals surface area contributed by atoms with Crippen LogP contribution in [0.3, 0.4) is 0 Å². The molecule has 4 N–H and O–H groups in total. The molecule has 14 nitrogen and oxygen atoms in total. The number of carbonyl (C=O) groups is 2. The van der Waals surface area contributed by atoms with E-state index in [1.54, 1.807) is 23.5 Å². The van der Waals surface area contributed by atoms with Gasteiger partial charge in [0.1, 0.15) is 17.7 Å². The monoisotopic (exact) mass is 829 g/mol. The van der Waals surface area contributed by atoms with Crippen LogP contribution in [0.25, 0.3) is 32.7 Å². The largest absolute Gasteiger partial charge is 0.507 e. The summed E-state index contributed by atoms with van der Waals surface area (Å²) in [5, 5.41) is 38.1. The van der Waals surface area contributed by atoms with Crippen LogP contribution in [0.2, 0.25) is 0 Å². The smallest absolute Gasteiger partial charge is 0.243 e. The number of H-pyrrole nitrogens is 1. The Kier molecular flexibility index (Phi) is 11.1. The molecule has 2 amide bonds. The fraction of sp³-hybridized carbons (Fsp3) is 0.422. The second-order valence-electron chi connectivity index (χ2n) is 17.0. The van der Waals surface area contributed by atoms with Crippen molar-refractivity contribution in [1.29, 1.82) is 0 Å². The fourth-order valence-corrected chi connectivity index (χ4v) is 9.89. The van der Waals surface area contributed by atoms with Gasteiger partial charge in [0.15, 0.2) is 17.2 Å². The molecule has 0 radical (unpaired) electrons. The van der Waals surface area contributed by atoms with E-state index in [4.69, 9.17) is 4.52 Å². The topological polar surface area (TPSA) is 177 Å². The summed E-state index contributed by atoms with van der Waals surface area (Å²) in [5.74, 6) is 1.10. The molecular formula is C45H51N9O5S. The molecule has 7 heterocycles. The number of aliphatic hydroxyl groups is 1. The van der Waals surface area contributed by atoms with E-state index in [1.807, 2.05) is 74.8 Å². The Morgan fingerprint density at radius 3 is 2.53 bits per heavy atom. The fourth-order valence-electron chi connectivity index (χ4n) is 9.08. The minimum Gasteiger partial charge on any atom is -0.507 e. The molecule has 312 valence electrons. The number of aromatic amines is 1. The molecule has 6 aromatic rings. The van der Waals surface area contributed by atoms with Crippen LogP contribution in [-0.4, -0.2) is 109 Å². The lowest BCUT2D eigenvalue weighted by Crippen LogP contribution is -2.48. The van der Waals surface area contributed by atoms with Gasteiger partial charge in [-0.15, -0.1) is 21.5 Å². The van der Waals surface area contributed by atoms with Gasteiger partial charge in [0, 0.05) is 80.9 Å². The predicted octanol–water partition coefficient (Wildman–Crippen LogP) is 6.08. The van der Waals surface area contributed by atoms with Crippen molar-refractivity contribution in [2.45, 2.75) is 70.6 Å². The van der Waals surface area contributed by atoms with Crippen molar-refractivity contribution in [3.63, 3.8) is 0 Å². The number of amides is 2. The Morgan fingerprint density at radius 2 is 1.80 bits per heavy atom. The number of aliphatic hydroxyl groups excluding tert-OH is 1. The first-order valence-electron chi connectivity index (χ1n) is 20.9. The summed E-state index contributed by atoms with van der Waals surface area (Å²) < 4.78 is 5.89. The van der Waals surface area contributed by atoms with Crippen LogP contribution in [0.5, 0.6) is 5.75 Å². The van der Waals surface area contributed by atoms with Crippen LogP contribution in [0, 0.1) is 18.8 Å². The average molecular weight is 830 g/mol. The number of aryl methyl sites for hydroxylation is 1. The highest BCUT2D eigenvalue weighted by atomic mass is 32.1. The lowest BCUT2D eigenvalue weighted by molar-refractivity contribution is -0.141. The van der Waals surface area contributed by atoms with Crippen LogP contribution >= 0.6 is 11.3 Å². The molecule has 0 unspecified atom stereocenters. The molecule has 15 heteroatoms. The lowest BCUT2D eigenvalue weighted by atomic mass is 9.90. The van der Waals surface area contributed by atoms with E-state index in [0.29, 0.717) is 35.4 Å². The number of phenolic OH excluding ortho intramolecular Hbond substituents is 1. The molecule has 3 fully saturated rings. The number of likely N-dealkylation sites (tertiary alicyclic amines) is 2. The van der Waals surface area contributed by atoms with Gasteiger partial charge >= 0.3 is 0 Å². The highest BCUT2D eigenvalue weighted by molar-refractivity contribution is 7.13. The summed E-state index contributed by atoms with van der Waals surface area (Å²) in [7, 11) is 0. The Bertz CT molecular complexity index is 2470. The van der Waals surface area contributed by atoms with Gasteiger partial charge in [0.25, 0.3) is 0 Å². The Balaban J connectivity index is 0.763. The first-order valence-corrected chi connectivity index (χ1v) is 21.8. The van der Waals surface area contributed by atoms with Gasteiger partial charge in [-0.05, 0) is 67.0 Å². The molecule has 0 aliphatic carbocycles. The number of hydrogen-bond acceptors (Lipinski definition) is 12. The standard InChI is InChI=1S/C45H51N9O5S/c1-26(2)41(45(58)54-24-33(55)18-37(54)44(57)46-20-28-8-10-30(11-9-28)42-27(3)47-25-60-42)39-19-40(51-59-39)53-14-12-29(13-15-53)21-52-22-32(23-52)35-16-31-17-36(49-50-43(31)48-35)34-6-4-5-7-38(34)56/h4-11,16-17,19,25-26,29,32-33,37,41,55-56H,12-15,18,20-24H2,1-3H3,(H,46,57)(H,48,50)/t33-,37+,41-/m1/s1. The second kappa shape index (κ2) is 16.8. The van der Waals surface area contributed by atoms with Gasteiger partial charge in [0.05, 0.1) is 27.9 Å². The maximum absolute atomic E-state index is 14.2. The highest BCUT2D eigenvalue weighted by Crippen LogP contribution is 2.36. The van der Waals surface area contributed by atoms with Crippen LogP contribution in [-0.2, 0) is 16.1 Å². The molecule has 3 saturated heterocycles. The third-order valence-corrected chi connectivity index (χ3v) is 13.5.